The second-order valence-electron chi connectivity index (χ2n) is 5.38. The molecule has 0 spiro atoms. The summed E-state index contributed by atoms with van der Waals surface area (Å²) in [5.41, 5.74) is 0.640. The van der Waals surface area contributed by atoms with E-state index in [1.165, 1.54) is 0 Å². The van der Waals surface area contributed by atoms with Crippen molar-refractivity contribution >= 4 is 10.0 Å². The average molecular weight is 286 g/mol. The Morgan fingerprint density at radius 3 is 2.53 bits per heavy atom. The van der Waals surface area contributed by atoms with Crippen molar-refractivity contribution in [2.45, 2.75) is 51.3 Å². The predicted molar refractivity (Wildman–Crippen MR) is 73.2 cm³/mol. The monoisotopic (exact) mass is 286 g/mol. The zero-order valence-corrected chi connectivity index (χ0v) is 12.5. The molecule has 1 N–H and O–H groups in total. The van der Waals surface area contributed by atoms with Gasteiger partial charge in [-0.1, -0.05) is 6.92 Å². The first-order chi connectivity index (χ1) is 8.90. The Morgan fingerprint density at radius 1 is 1.42 bits per heavy atom. The Hall–Kier alpha value is -0.850. The van der Waals surface area contributed by atoms with Gasteiger partial charge in [0.2, 0.25) is 10.0 Å². The molecule has 19 heavy (non-hydrogen) atoms. The van der Waals surface area contributed by atoms with Gasteiger partial charge in [-0.2, -0.15) is 4.31 Å². The topological polar surface area (TPSA) is 62.5 Å². The van der Waals surface area contributed by atoms with Crippen molar-refractivity contribution in [2.24, 2.45) is 5.92 Å². The first-order valence-corrected chi connectivity index (χ1v) is 8.15. The van der Waals surface area contributed by atoms with E-state index in [0.717, 1.165) is 6.42 Å². The lowest BCUT2D eigenvalue weighted by molar-refractivity contribution is 0.271. The van der Waals surface area contributed by atoms with Gasteiger partial charge in [-0.15, -0.1) is 0 Å². The fourth-order valence-corrected chi connectivity index (χ4v) is 4.65. The molecule has 0 amide bonds. The SMILES string of the molecule is CCn1cc(S(=O)(=O)N2CC(C)CC2C)cc1CO. The molecule has 2 rings (SSSR count). The lowest BCUT2D eigenvalue weighted by Gasteiger charge is -2.20. The Labute approximate surface area is 114 Å². The smallest absolute Gasteiger partial charge is 0.244 e. The fourth-order valence-electron chi connectivity index (χ4n) is 2.82. The summed E-state index contributed by atoms with van der Waals surface area (Å²) in [5, 5.41) is 9.26. The summed E-state index contributed by atoms with van der Waals surface area (Å²) < 4.78 is 28.6. The van der Waals surface area contributed by atoms with Gasteiger partial charge in [-0.05, 0) is 32.3 Å². The van der Waals surface area contributed by atoms with Crippen molar-refractivity contribution in [3.05, 3.63) is 18.0 Å². The number of rotatable bonds is 4. The number of aliphatic hydroxyl groups excluding tert-OH is 1. The highest BCUT2D eigenvalue weighted by Gasteiger charge is 2.36. The lowest BCUT2D eigenvalue weighted by Crippen LogP contribution is -2.33. The van der Waals surface area contributed by atoms with E-state index in [1.54, 1.807) is 21.1 Å². The maximum atomic E-state index is 12.6. The van der Waals surface area contributed by atoms with Crippen molar-refractivity contribution in [2.75, 3.05) is 6.54 Å². The molecular formula is C13H22N2O3S. The summed E-state index contributed by atoms with van der Waals surface area (Å²) in [7, 11) is -3.44. The van der Waals surface area contributed by atoms with Crippen LogP contribution in [0.15, 0.2) is 17.2 Å². The van der Waals surface area contributed by atoms with E-state index >= 15 is 0 Å². The highest BCUT2D eigenvalue weighted by molar-refractivity contribution is 7.89. The molecule has 1 aromatic heterocycles. The van der Waals surface area contributed by atoms with E-state index in [1.807, 2.05) is 13.8 Å². The predicted octanol–water partition coefficient (Wildman–Crippen LogP) is 1.42. The number of hydrogen-bond donors (Lipinski definition) is 1. The van der Waals surface area contributed by atoms with Gasteiger partial charge in [0.25, 0.3) is 0 Å². The van der Waals surface area contributed by atoms with Crippen LogP contribution in [-0.4, -0.2) is 35.0 Å². The van der Waals surface area contributed by atoms with Crippen LogP contribution in [0.5, 0.6) is 0 Å². The van der Waals surface area contributed by atoms with Gasteiger partial charge < -0.3 is 9.67 Å². The van der Waals surface area contributed by atoms with E-state index in [-0.39, 0.29) is 12.6 Å². The number of aryl methyl sites for hydroxylation is 1. The number of aliphatic hydroxyl groups is 1. The summed E-state index contributed by atoms with van der Waals surface area (Å²) in [4.78, 5) is 0.291. The number of sulfonamides is 1. The molecule has 5 nitrogen and oxygen atoms in total. The van der Waals surface area contributed by atoms with E-state index in [9.17, 15) is 13.5 Å². The highest BCUT2D eigenvalue weighted by atomic mass is 32.2. The van der Waals surface area contributed by atoms with Crippen LogP contribution in [0.2, 0.25) is 0 Å². The largest absolute Gasteiger partial charge is 0.390 e. The molecule has 0 aromatic carbocycles. The first kappa shape index (κ1) is 14.6. The van der Waals surface area contributed by atoms with Crippen LogP contribution in [0.25, 0.3) is 0 Å². The van der Waals surface area contributed by atoms with Crippen molar-refractivity contribution in [1.29, 1.82) is 0 Å². The van der Waals surface area contributed by atoms with Crippen LogP contribution in [0.3, 0.4) is 0 Å². The van der Waals surface area contributed by atoms with Gasteiger partial charge in [-0.25, -0.2) is 8.42 Å². The van der Waals surface area contributed by atoms with Gasteiger partial charge in [0.1, 0.15) is 4.90 Å². The van der Waals surface area contributed by atoms with E-state index in [2.05, 4.69) is 6.92 Å². The van der Waals surface area contributed by atoms with Crippen LogP contribution in [0.1, 0.15) is 32.9 Å². The molecule has 2 heterocycles. The Balaban J connectivity index is 2.37. The molecule has 2 unspecified atom stereocenters. The minimum atomic E-state index is -3.44. The van der Waals surface area contributed by atoms with E-state index in [0.29, 0.717) is 29.6 Å². The van der Waals surface area contributed by atoms with Crippen LogP contribution >= 0.6 is 0 Å². The molecule has 1 aromatic rings. The summed E-state index contributed by atoms with van der Waals surface area (Å²) in [6.07, 6.45) is 2.52. The maximum absolute atomic E-state index is 12.6. The van der Waals surface area contributed by atoms with Crippen LogP contribution in [0.4, 0.5) is 0 Å². The third kappa shape index (κ3) is 2.57. The van der Waals surface area contributed by atoms with Gasteiger partial charge in [0, 0.05) is 31.0 Å². The zero-order valence-electron chi connectivity index (χ0n) is 11.7. The van der Waals surface area contributed by atoms with Gasteiger partial charge in [0.05, 0.1) is 6.61 Å². The molecule has 2 atom stereocenters. The molecule has 0 saturated carbocycles. The summed E-state index contributed by atoms with van der Waals surface area (Å²) in [6, 6.07) is 1.62. The molecule has 0 radical (unpaired) electrons. The molecule has 6 heteroatoms. The Kier molecular flexibility index (Phi) is 4.03. The number of aromatic nitrogens is 1. The molecule has 1 aliphatic rings. The summed E-state index contributed by atoms with van der Waals surface area (Å²) in [5.74, 6) is 0.398. The quantitative estimate of drug-likeness (QED) is 0.910. The first-order valence-electron chi connectivity index (χ1n) is 6.71. The molecule has 0 bridgehead atoms. The van der Waals surface area contributed by atoms with Crippen LogP contribution < -0.4 is 0 Å². The normalized spacial score (nSPS) is 25.1. The van der Waals surface area contributed by atoms with Crippen molar-refractivity contribution in [1.82, 2.24) is 8.87 Å². The number of hydrogen-bond acceptors (Lipinski definition) is 3. The average Bonchev–Trinajstić information content (AvgIpc) is 2.92. The maximum Gasteiger partial charge on any atom is 0.244 e. The molecule has 108 valence electrons. The Morgan fingerprint density at radius 2 is 2.11 bits per heavy atom. The van der Waals surface area contributed by atoms with Crippen molar-refractivity contribution in [3.63, 3.8) is 0 Å². The molecule has 0 aliphatic carbocycles. The standard InChI is InChI=1S/C13H22N2O3S/c1-4-14-8-13(6-12(14)9-16)19(17,18)15-7-10(2)5-11(15)3/h6,8,10-11,16H,4-5,7,9H2,1-3H3. The van der Waals surface area contributed by atoms with E-state index < -0.39 is 10.0 Å². The van der Waals surface area contributed by atoms with Gasteiger partial charge >= 0.3 is 0 Å². The summed E-state index contributed by atoms with van der Waals surface area (Å²) in [6.45, 7) is 7.03. The second kappa shape index (κ2) is 5.26. The third-order valence-electron chi connectivity index (χ3n) is 3.80. The molecule has 1 saturated heterocycles. The lowest BCUT2D eigenvalue weighted by atomic mass is 10.1. The van der Waals surface area contributed by atoms with Crippen molar-refractivity contribution < 1.29 is 13.5 Å². The summed E-state index contributed by atoms with van der Waals surface area (Å²) >= 11 is 0. The Bertz CT molecular complexity index is 529. The second-order valence-corrected chi connectivity index (χ2v) is 7.27. The zero-order chi connectivity index (χ0) is 14.2. The van der Waals surface area contributed by atoms with Crippen LogP contribution in [-0.2, 0) is 23.2 Å². The van der Waals surface area contributed by atoms with Crippen LogP contribution in [0, 0.1) is 5.92 Å². The van der Waals surface area contributed by atoms with Gasteiger partial charge in [0.15, 0.2) is 0 Å². The van der Waals surface area contributed by atoms with Gasteiger partial charge in [-0.3, -0.25) is 0 Å². The minimum Gasteiger partial charge on any atom is -0.390 e. The highest BCUT2D eigenvalue weighted by Crippen LogP contribution is 2.29. The number of nitrogens with zero attached hydrogens (tertiary/aromatic N) is 2. The molecular weight excluding hydrogens is 264 g/mol. The van der Waals surface area contributed by atoms with E-state index in [4.69, 9.17) is 0 Å². The van der Waals surface area contributed by atoms with Crippen molar-refractivity contribution in [3.8, 4) is 0 Å². The fraction of sp³-hybridized carbons (Fsp3) is 0.692. The molecule has 1 aliphatic heterocycles. The minimum absolute atomic E-state index is 0.0440. The molecule has 1 fully saturated rings. The third-order valence-corrected chi connectivity index (χ3v) is 5.74.